The Morgan fingerprint density at radius 2 is 2.00 bits per heavy atom. The molecule has 1 N–H and O–H groups in total. The second-order valence-electron chi connectivity index (χ2n) is 6.38. The monoisotopic (exact) mass is 286 g/mol. The van der Waals surface area contributed by atoms with Gasteiger partial charge in [-0.3, -0.25) is 4.90 Å². The van der Waals surface area contributed by atoms with E-state index in [1.807, 2.05) is 0 Å². The third kappa shape index (κ3) is 5.29. The van der Waals surface area contributed by atoms with Crippen LogP contribution in [0.2, 0.25) is 0 Å². The maximum atomic E-state index is 3.50. The number of rotatable bonds is 7. The molecule has 0 amide bonds. The third-order valence-corrected chi connectivity index (χ3v) is 4.35. The molecule has 0 spiro atoms. The van der Waals surface area contributed by atoms with E-state index in [9.17, 15) is 0 Å². The molecule has 0 saturated heterocycles. The number of benzene rings is 1. The van der Waals surface area contributed by atoms with Crippen LogP contribution >= 0.6 is 0 Å². The third-order valence-electron chi connectivity index (χ3n) is 4.35. The van der Waals surface area contributed by atoms with Gasteiger partial charge in [-0.25, -0.2) is 0 Å². The topological polar surface area (TPSA) is 15.3 Å². The van der Waals surface area contributed by atoms with Crippen molar-refractivity contribution in [2.45, 2.75) is 46.1 Å². The fourth-order valence-electron chi connectivity index (χ4n) is 2.78. The van der Waals surface area contributed by atoms with Crippen molar-refractivity contribution in [3.8, 4) is 0 Å². The van der Waals surface area contributed by atoms with Gasteiger partial charge < -0.3 is 5.32 Å². The fraction of sp³-hybridized carbons (Fsp3) is 0.579. The zero-order chi connectivity index (χ0) is 15.1. The van der Waals surface area contributed by atoms with Gasteiger partial charge in [-0.15, -0.1) is 0 Å². The van der Waals surface area contributed by atoms with Gasteiger partial charge in [0, 0.05) is 26.2 Å². The SMILES string of the molecule is CCCNCC(C)c1ccc(CN2CC=C(C)CC2)cc1. The van der Waals surface area contributed by atoms with E-state index in [2.05, 4.69) is 61.3 Å². The Bertz CT molecular complexity index is 447. The molecule has 0 fully saturated rings. The minimum atomic E-state index is 0.589. The summed E-state index contributed by atoms with van der Waals surface area (Å²) in [5.74, 6) is 0.589. The Morgan fingerprint density at radius 1 is 1.24 bits per heavy atom. The second kappa shape index (κ2) is 8.35. The minimum Gasteiger partial charge on any atom is -0.316 e. The number of hydrogen-bond donors (Lipinski definition) is 1. The van der Waals surface area contributed by atoms with Gasteiger partial charge in [0.2, 0.25) is 0 Å². The average molecular weight is 286 g/mol. The highest BCUT2D eigenvalue weighted by Crippen LogP contribution is 2.17. The van der Waals surface area contributed by atoms with E-state index in [0.717, 1.165) is 26.2 Å². The van der Waals surface area contributed by atoms with Crippen molar-refractivity contribution in [1.82, 2.24) is 10.2 Å². The van der Waals surface area contributed by atoms with Gasteiger partial charge in [0.05, 0.1) is 0 Å². The minimum absolute atomic E-state index is 0.589. The molecule has 1 aliphatic rings. The van der Waals surface area contributed by atoms with Gasteiger partial charge in [-0.2, -0.15) is 0 Å². The summed E-state index contributed by atoms with van der Waals surface area (Å²) in [5.41, 5.74) is 4.41. The molecule has 0 aromatic heterocycles. The quantitative estimate of drug-likeness (QED) is 0.603. The van der Waals surface area contributed by atoms with Crippen molar-refractivity contribution in [2.75, 3.05) is 26.2 Å². The lowest BCUT2D eigenvalue weighted by atomic mass is 9.99. The van der Waals surface area contributed by atoms with Crippen LogP contribution in [0.3, 0.4) is 0 Å². The second-order valence-corrected chi connectivity index (χ2v) is 6.38. The summed E-state index contributed by atoms with van der Waals surface area (Å²) in [6.07, 6.45) is 4.78. The predicted octanol–water partition coefficient (Wildman–Crippen LogP) is 3.94. The van der Waals surface area contributed by atoms with E-state index >= 15 is 0 Å². The standard InChI is InChI=1S/C19H30N2/c1-4-11-20-14-17(3)19-7-5-18(6-8-19)15-21-12-9-16(2)10-13-21/h5-9,17,20H,4,10-15H2,1-3H3. The van der Waals surface area contributed by atoms with Gasteiger partial charge >= 0.3 is 0 Å². The maximum absolute atomic E-state index is 3.50. The van der Waals surface area contributed by atoms with Crippen LogP contribution in [0.15, 0.2) is 35.9 Å². The summed E-state index contributed by atoms with van der Waals surface area (Å²) < 4.78 is 0. The molecule has 116 valence electrons. The molecule has 2 heteroatoms. The summed E-state index contributed by atoms with van der Waals surface area (Å²) in [4.78, 5) is 2.52. The Balaban J connectivity index is 1.84. The molecule has 0 aliphatic carbocycles. The average Bonchev–Trinajstić information content (AvgIpc) is 2.50. The van der Waals surface area contributed by atoms with Crippen LogP contribution in [-0.2, 0) is 6.54 Å². The van der Waals surface area contributed by atoms with E-state index in [1.54, 1.807) is 0 Å². The van der Waals surface area contributed by atoms with Crippen molar-refractivity contribution in [3.63, 3.8) is 0 Å². The predicted molar refractivity (Wildman–Crippen MR) is 91.7 cm³/mol. The Kier molecular flexibility index (Phi) is 6.47. The first-order valence-electron chi connectivity index (χ1n) is 8.36. The zero-order valence-corrected chi connectivity index (χ0v) is 13.9. The van der Waals surface area contributed by atoms with Crippen molar-refractivity contribution in [2.24, 2.45) is 0 Å². The molecule has 1 unspecified atom stereocenters. The Labute approximate surface area is 130 Å². The van der Waals surface area contributed by atoms with Crippen LogP contribution < -0.4 is 5.32 Å². The Morgan fingerprint density at radius 3 is 2.62 bits per heavy atom. The van der Waals surface area contributed by atoms with Crippen LogP contribution in [0.25, 0.3) is 0 Å². The van der Waals surface area contributed by atoms with Crippen LogP contribution in [0.1, 0.15) is 50.7 Å². The lowest BCUT2D eigenvalue weighted by Gasteiger charge is -2.25. The smallest absolute Gasteiger partial charge is 0.0237 e. The van der Waals surface area contributed by atoms with E-state index < -0.39 is 0 Å². The fourth-order valence-corrected chi connectivity index (χ4v) is 2.78. The molecule has 0 radical (unpaired) electrons. The van der Waals surface area contributed by atoms with Gasteiger partial charge in [0.15, 0.2) is 0 Å². The first-order valence-corrected chi connectivity index (χ1v) is 8.36. The van der Waals surface area contributed by atoms with E-state index in [0.29, 0.717) is 5.92 Å². The molecule has 1 heterocycles. The first-order chi connectivity index (χ1) is 10.2. The molecule has 1 atom stereocenters. The summed E-state index contributed by atoms with van der Waals surface area (Å²) in [6, 6.07) is 9.21. The molecule has 1 aromatic rings. The number of nitrogens with zero attached hydrogens (tertiary/aromatic N) is 1. The summed E-state index contributed by atoms with van der Waals surface area (Å²) >= 11 is 0. The lowest BCUT2D eigenvalue weighted by Crippen LogP contribution is -2.27. The molecule has 0 bridgehead atoms. The molecule has 21 heavy (non-hydrogen) atoms. The number of hydrogen-bond acceptors (Lipinski definition) is 2. The Hall–Kier alpha value is -1.12. The van der Waals surface area contributed by atoms with Crippen molar-refractivity contribution in [3.05, 3.63) is 47.0 Å². The summed E-state index contributed by atoms with van der Waals surface area (Å²) in [6.45, 7) is 12.3. The normalized spacial score (nSPS) is 17.6. The van der Waals surface area contributed by atoms with Crippen LogP contribution in [0.4, 0.5) is 0 Å². The molecule has 0 saturated carbocycles. The molecule has 1 aliphatic heterocycles. The highest BCUT2D eigenvalue weighted by Gasteiger charge is 2.10. The van der Waals surface area contributed by atoms with Crippen molar-refractivity contribution in [1.29, 1.82) is 0 Å². The summed E-state index contributed by atoms with van der Waals surface area (Å²) in [7, 11) is 0. The van der Waals surface area contributed by atoms with Gasteiger partial charge in [-0.1, -0.05) is 49.8 Å². The highest BCUT2D eigenvalue weighted by molar-refractivity contribution is 5.25. The van der Waals surface area contributed by atoms with Crippen molar-refractivity contribution < 1.29 is 0 Å². The maximum Gasteiger partial charge on any atom is 0.0237 e. The van der Waals surface area contributed by atoms with E-state index in [4.69, 9.17) is 0 Å². The largest absolute Gasteiger partial charge is 0.316 e. The highest BCUT2D eigenvalue weighted by atomic mass is 15.1. The summed E-state index contributed by atoms with van der Waals surface area (Å²) in [5, 5.41) is 3.50. The number of nitrogens with one attached hydrogen (secondary N) is 1. The molecule has 2 nitrogen and oxygen atoms in total. The zero-order valence-electron chi connectivity index (χ0n) is 13.9. The van der Waals surface area contributed by atoms with Crippen molar-refractivity contribution >= 4 is 0 Å². The van der Waals surface area contributed by atoms with Crippen LogP contribution in [0.5, 0.6) is 0 Å². The lowest BCUT2D eigenvalue weighted by molar-refractivity contribution is 0.286. The van der Waals surface area contributed by atoms with E-state index in [1.165, 1.54) is 36.1 Å². The first kappa shape index (κ1) is 16.3. The molecule has 1 aromatic carbocycles. The van der Waals surface area contributed by atoms with Crippen LogP contribution in [-0.4, -0.2) is 31.1 Å². The molecular weight excluding hydrogens is 256 g/mol. The van der Waals surface area contributed by atoms with Gasteiger partial charge in [0.25, 0.3) is 0 Å². The van der Waals surface area contributed by atoms with Gasteiger partial charge in [-0.05, 0) is 43.4 Å². The van der Waals surface area contributed by atoms with E-state index in [-0.39, 0.29) is 0 Å². The van der Waals surface area contributed by atoms with Gasteiger partial charge in [0.1, 0.15) is 0 Å². The molecule has 2 rings (SSSR count). The molecular formula is C19H30N2. The van der Waals surface area contributed by atoms with Crippen LogP contribution in [0, 0.1) is 0 Å².